The average Bonchev–Trinajstić information content (AvgIpc) is 3.46. The molecule has 2 saturated heterocycles. The summed E-state index contributed by atoms with van der Waals surface area (Å²) >= 11 is 4.94. The highest BCUT2D eigenvalue weighted by atomic mass is 79.9. The third-order valence-electron chi connectivity index (χ3n) is 5.97. The molecule has 0 saturated carbocycles. The summed E-state index contributed by atoms with van der Waals surface area (Å²) in [6, 6.07) is 7.86. The van der Waals surface area contributed by atoms with Gasteiger partial charge >= 0.3 is 0 Å². The van der Waals surface area contributed by atoms with Crippen LogP contribution in [0.2, 0.25) is 0 Å². The van der Waals surface area contributed by atoms with E-state index in [2.05, 4.69) is 30.5 Å². The molecule has 2 aliphatic rings. The summed E-state index contributed by atoms with van der Waals surface area (Å²) in [5.41, 5.74) is 2.10. The Bertz CT molecular complexity index is 1060. The fraction of sp³-hybridized carbons (Fsp3) is 0.455. The van der Waals surface area contributed by atoms with Crippen molar-refractivity contribution in [3.63, 3.8) is 0 Å². The first-order valence-corrected chi connectivity index (χ1v) is 14.0. The highest BCUT2D eigenvalue weighted by molar-refractivity contribution is 9.11. The van der Waals surface area contributed by atoms with Crippen LogP contribution in [0.3, 0.4) is 0 Å². The van der Waals surface area contributed by atoms with E-state index in [1.54, 1.807) is 29.9 Å². The van der Waals surface area contributed by atoms with Crippen molar-refractivity contribution >= 4 is 48.9 Å². The molecule has 0 unspecified atom stereocenters. The van der Waals surface area contributed by atoms with Crippen LogP contribution in [0.25, 0.3) is 0 Å². The number of aryl methyl sites for hydroxylation is 1. The number of sulfonamides is 1. The molecule has 2 aromatic rings. The highest BCUT2D eigenvalue weighted by Gasteiger charge is 2.31. The van der Waals surface area contributed by atoms with Gasteiger partial charge in [0.25, 0.3) is 0 Å². The van der Waals surface area contributed by atoms with E-state index in [0.717, 1.165) is 45.9 Å². The van der Waals surface area contributed by atoms with Gasteiger partial charge in [0, 0.05) is 61.3 Å². The summed E-state index contributed by atoms with van der Waals surface area (Å²) in [5, 5.41) is 0. The van der Waals surface area contributed by atoms with E-state index in [1.165, 1.54) is 0 Å². The zero-order chi connectivity index (χ0) is 22.6. The van der Waals surface area contributed by atoms with Crippen molar-refractivity contribution in [1.82, 2.24) is 14.6 Å². The fourth-order valence-electron chi connectivity index (χ4n) is 4.14. The zero-order valence-corrected chi connectivity index (χ0v) is 21.0. The molecule has 7 nitrogen and oxygen atoms in total. The predicted molar refractivity (Wildman–Crippen MR) is 131 cm³/mol. The van der Waals surface area contributed by atoms with Gasteiger partial charge in [-0.25, -0.2) is 8.42 Å². The molecular formula is C22H27BrN4O3S2. The number of carbonyl (C=O) groups is 1. The van der Waals surface area contributed by atoms with E-state index in [9.17, 15) is 13.2 Å². The number of aromatic nitrogens is 1. The Hall–Kier alpha value is -1.91. The first-order chi connectivity index (χ1) is 15.4. The van der Waals surface area contributed by atoms with Gasteiger partial charge in [0.2, 0.25) is 15.9 Å². The number of anilines is 1. The number of nitrogens with zero attached hydrogens (tertiary/aromatic N) is 3. The number of carbonyl (C=O) groups excluding carboxylic acids is 1. The molecule has 0 aliphatic carbocycles. The van der Waals surface area contributed by atoms with Gasteiger partial charge in [-0.2, -0.15) is 0 Å². The summed E-state index contributed by atoms with van der Waals surface area (Å²) in [6.07, 6.45) is 8.03. The number of piperidine rings is 1. The van der Waals surface area contributed by atoms with Gasteiger partial charge in [-0.05, 0) is 71.5 Å². The van der Waals surface area contributed by atoms with Crippen LogP contribution in [0.4, 0.5) is 5.69 Å². The molecule has 10 heteroatoms. The molecule has 0 bridgehead atoms. The van der Waals surface area contributed by atoms with E-state index in [1.807, 2.05) is 29.2 Å². The average molecular weight is 540 g/mol. The Morgan fingerprint density at radius 1 is 1.19 bits per heavy atom. The molecule has 172 valence electrons. The van der Waals surface area contributed by atoms with E-state index < -0.39 is 10.0 Å². The summed E-state index contributed by atoms with van der Waals surface area (Å²) in [6.45, 7) is 2.87. The van der Waals surface area contributed by atoms with Gasteiger partial charge in [-0.3, -0.25) is 14.5 Å². The second-order valence-electron chi connectivity index (χ2n) is 8.17. The molecular weight excluding hydrogens is 512 g/mol. The molecule has 2 aromatic heterocycles. The van der Waals surface area contributed by atoms with Crippen molar-refractivity contribution in [3.8, 4) is 0 Å². The number of rotatable bonds is 7. The SMILES string of the molecule is O=C(C1CCN(c2ccncc2)CC1)N1CCC(=CNS(=O)(=O)CCc2ccc(Br)s2)C1. The van der Waals surface area contributed by atoms with Gasteiger partial charge in [-0.1, -0.05) is 0 Å². The van der Waals surface area contributed by atoms with Gasteiger partial charge in [-0.15, -0.1) is 11.3 Å². The van der Waals surface area contributed by atoms with Crippen molar-refractivity contribution in [1.29, 1.82) is 0 Å². The molecule has 0 aromatic carbocycles. The Morgan fingerprint density at radius 2 is 1.94 bits per heavy atom. The number of nitrogens with one attached hydrogen (secondary N) is 1. The maximum Gasteiger partial charge on any atom is 0.232 e. The number of thiophene rings is 1. The van der Waals surface area contributed by atoms with Crippen LogP contribution >= 0.6 is 27.3 Å². The number of likely N-dealkylation sites (tertiary alicyclic amines) is 1. The second kappa shape index (κ2) is 10.4. The van der Waals surface area contributed by atoms with Crippen molar-refractivity contribution < 1.29 is 13.2 Å². The van der Waals surface area contributed by atoms with Crippen LogP contribution in [0.1, 0.15) is 24.1 Å². The molecule has 2 aliphatic heterocycles. The molecule has 1 amide bonds. The molecule has 0 atom stereocenters. The minimum atomic E-state index is -3.40. The summed E-state index contributed by atoms with van der Waals surface area (Å²) in [4.78, 5) is 22.2. The van der Waals surface area contributed by atoms with Crippen LogP contribution in [0, 0.1) is 5.92 Å². The largest absolute Gasteiger partial charge is 0.371 e. The van der Waals surface area contributed by atoms with Crippen LogP contribution in [-0.4, -0.2) is 56.1 Å². The lowest BCUT2D eigenvalue weighted by atomic mass is 9.95. The molecule has 32 heavy (non-hydrogen) atoms. The normalized spacial score (nSPS) is 19.0. The van der Waals surface area contributed by atoms with Gasteiger partial charge < -0.3 is 9.80 Å². The topological polar surface area (TPSA) is 82.6 Å². The second-order valence-corrected chi connectivity index (χ2v) is 12.6. The maximum absolute atomic E-state index is 13.0. The van der Waals surface area contributed by atoms with Crippen LogP contribution < -0.4 is 9.62 Å². The number of hydrogen-bond donors (Lipinski definition) is 1. The molecule has 4 heterocycles. The molecule has 0 spiro atoms. The molecule has 4 rings (SSSR count). The molecule has 0 radical (unpaired) electrons. The number of amides is 1. The minimum Gasteiger partial charge on any atom is -0.371 e. The van der Waals surface area contributed by atoms with Crippen LogP contribution in [0.5, 0.6) is 0 Å². The first-order valence-electron chi connectivity index (χ1n) is 10.8. The molecule has 2 fully saturated rings. The highest BCUT2D eigenvalue weighted by Crippen LogP contribution is 2.26. The van der Waals surface area contributed by atoms with Crippen molar-refractivity contribution in [2.24, 2.45) is 5.92 Å². The van der Waals surface area contributed by atoms with Crippen LogP contribution in [-0.2, 0) is 21.2 Å². The number of hydrogen-bond acceptors (Lipinski definition) is 6. The Labute approximate surface area is 201 Å². The lowest BCUT2D eigenvalue weighted by Crippen LogP contribution is -2.41. The monoisotopic (exact) mass is 538 g/mol. The van der Waals surface area contributed by atoms with E-state index in [4.69, 9.17) is 0 Å². The standard InChI is InChI=1S/C22H27BrN4O3S2/c23-21-2-1-20(31-21)8-14-32(29,30)25-15-17-5-11-27(16-17)22(28)18-6-12-26(13-7-18)19-3-9-24-10-4-19/h1-4,9-10,15,18,25H,5-8,11-14,16H2. The third-order valence-corrected chi connectivity index (χ3v) is 8.87. The van der Waals surface area contributed by atoms with Crippen LogP contribution in [0.15, 0.2) is 52.2 Å². The van der Waals surface area contributed by atoms with Gasteiger partial charge in [0.15, 0.2) is 0 Å². The number of pyridine rings is 1. The number of halogens is 1. The summed E-state index contributed by atoms with van der Waals surface area (Å²) < 4.78 is 28.2. The fourth-order valence-corrected chi connectivity index (χ4v) is 6.70. The van der Waals surface area contributed by atoms with Crippen molar-refractivity contribution in [2.75, 3.05) is 36.8 Å². The van der Waals surface area contributed by atoms with E-state index in [-0.39, 0.29) is 17.6 Å². The smallest absolute Gasteiger partial charge is 0.232 e. The predicted octanol–water partition coefficient (Wildman–Crippen LogP) is 3.40. The van der Waals surface area contributed by atoms with Gasteiger partial charge in [0.05, 0.1) is 9.54 Å². The molecule has 1 N–H and O–H groups in total. The van der Waals surface area contributed by atoms with E-state index >= 15 is 0 Å². The zero-order valence-electron chi connectivity index (χ0n) is 17.7. The Morgan fingerprint density at radius 3 is 2.62 bits per heavy atom. The summed E-state index contributed by atoms with van der Waals surface area (Å²) in [7, 11) is -3.40. The van der Waals surface area contributed by atoms with E-state index in [0.29, 0.717) is 25.9 Å². The summed E-state index contributed by atoms with van der Waals surface area (Å²) in [5.74, 6) is 0.269. The Kier molecular flexibility index (Phi) is 7.52. The van der Waals surface area contributed by atoms with Crippen molar-refractivity contribution in [3.05, 3.63) is 57.1 Å². The third kappa shape index (κ3) is 6.11. The lowest BCUT2D eigenvalue weighted by molar-refractivity contribution is -0.134. The first kappa shape index (κ1) is 23.3. The van der Waals surface area contributed by atoms with Crippen molar-refractivity contribution in [2.45, 2.75) is 25.7 Å². The Balaban J connectivity index is 1.24. The van der Waals surface area contributed by atoms with Gasteiger partial charge in [0.1, 0.15) is 0 Å². The quantitative estimate of drug-likeness (QED) is 0.584. The minimum absolute atomic E-state index is 0.0363. The maximum atomic E-state index is 13.0. The lowest BCUT2D eigenvalue weighted by Gasteiger charge is -2.34.